The number of carbonyl (C=O) groups excluding carboxylic acids is 4. The van der Waals surface area contributed by atoms with Gasteiger partial charge in [-0.1, -0.05) is 63.4 Å². The number of morpholine rings is 1. The van der Waals surface area contributed by atoms with Gasteiger partial charge in [0.2, 0.25) is 17.7 Å². The molecule has 4 amide bonds. The predicted octanol–water partition coefficient (Wildman–Crippen LogP) is 3.21. The first-order valence-electron chi connectivity index (χ1n) is 19.0. The zero-order chi connectivity index (χ0) is 35.8. The zero-order valence-corrected chi connectivity index (χ0v) is 30.4. The van der Waals surface area contributed by atoms with Crippen LogP contribution in [0.25, 0.3) is 0 Å². The maximum atomic E-state index is 14.5. The molecular formula is C39H54N6O6. The lowest BCUT2D eigenvalue weighted by atomic mass is 9.70. The number of hydrogen-bond donors (Lipinski definition) is 1. The first kappa shape index (κ1) is 35.6. The summed E-state index contributed by atoms with van der Waals surface area (Å²) in [6.07, 6.45) is 9.54. The third kappa shape index (κ3) is 7.72. The fourth-order valence-corrected chi connectivity index (χ4v) is 8.65. The quantitative estimate of drug-likeness (QED) is 0.381. The molecule has 1 aromatic carbocycles. The van der Waals surface area contributed by atoms with E-state index in [2.05, 4.69) is 24.3 Å². The van der Waals surface area contributed by atoms with Crippen molar-refractivity contribution in [3.63, 3.8) is 0 Å². The summed E-state index contributed by atoms with van der Waals surface area (Å²) < 4.78 is 13.6. The summed E-state index contributed by atoms with van der Waals surface area (Å²) >= 11 is 0. The minimum absolute atomic E-state index is 0.00492. The van der Waals surface area contributed by atoms with E-state index in [1.165, 1.54) is 19.3 Å². The fourth-order valence-electron chi connectivity index (χ4n) is 8.65. The molecule has 12 heteroatoms. The maximum Gasteiger partial charge on any atom is 0.257 e. The molecule has 5 aliphatic rings. The van der Waals surface area contributed by atoms with Crippen LogP contribution in [0.4, 0.5) is 0 Å². The van der Waals surface area contributed by atoms with E-state index in [4.69, 9.17) is 9.47 Å². The number of rotatable bonds is 11. The van der Waals surface area contributed by atoms with E-state index in [1.807, 2.05) is 42.2 Å². The number of nitrogens with zero attached hydrogens (tertiary/aromatic N) is 5. The van der Waals surface area contributed by atoms with Gasteiger partial charge in [-0.2, -0.15) is 5.10 Å². The van der Waals surface area contributed by atoms with Crippen LogP contribution in [0, 0.1) is 28.6 Å². The molecule has 276 valence electrons. The predicted molar refractivity (Wildman–Crippen MR) is 189 cm³/mol. The van der Waals surface area contributed by atoms with E-state index in [9.17, 15) is 19.2 Å². The summed E-state index contributed by atoms with van der Waals surface area (Å²) in [5, 5.41) is 7.59. The molecule has 4 heterocycles. The van der Waals surface area contributed by atoms with Crippen LogP contribution in [-0.2, 0) is 30.4 Å². The van der Waals surface area contributed by atoms with Crippen LogP contribution in [0.5, 0.6) is 0 Å². The molecule has 3 saturated heterocycles. The van der Waals surface area contributed by atoms with E-state index in [0.29, 0.717) is 70.6 Å². The second-order valence-corrected chi connectivity index (χ2v) is 16.4. The second kappa shape index (κ2) is 14.7. The van der Waals surface area contributed by atoms with E-state index in [0.717, 1.165) is 24.8 Å². The highest BCUT2D eigenvalue weighted by atomic mass is 16.5. The number of likely N-dealkylation sites (tertiary alicyclic amines) is 2. The van der Waals surface area contributed by atoms with Crippen LogP contribution in [0.15, 0.2) is 42.7 Å². The summed E-state index contributed by atoms with van der Waals surface area (Å²) in [4.78, 5) is 61.2. The van der Waals surface area contributed by atoms with Gasteiger partial charge in [0.15, 0.2) is 0 Å². The Hall–Kier alpha value is -3.77. The molecule has 2 saturated carbocycles. The summed E-state index contributed by atoms with van der Waals surface area (Å²) in [6, 6.07) is 9.06. The van der Waals surface area contributed by atoms with Gasteiger partial charge in [-0.15, -0.1) is 0 Å². The molecule has 0 bridgehead atoms. The molecule has 4 atom stereocenters. The fraction of sp³-hybridized carbons (Fsp3) is 0.667. The van der Waals surface area contributed by atoms with Crippen LogP contribution < -0.4 is 5.32 Å². The van der Waals surface area contributed by atoms with Crippen LogP contribution in [0.1, 0.15) is 75.2 Å². The third-order valence-corrected chi connectivity index (χ3v) is 12.1. The Morgan fingerprint density at radius 3 is 2.33 bits per heavy atom. The van der Waals surface area contributed by atoms with Gasteiger partial charge < -0.3 is 29.5 Å². The standard InChI is InChI=1S/C39H54N6O6/c1-27(51-23-29-12-8-5-9-13-29)33(37(49)42-14-16-50-17-15-42)41-34(46)32-22-43(24-39(32)25-44(26-39)36(48)31-18-38(31,2)3)35(47)30-19-40-45(21-30)20-28-10-6-4-7-11-28/h4,6-7,10-11,19,21,27,29,31-33H,5,8-9,12-18,20,22-26H2,1-3H3,(H,41,46)/t27-,31-,32?,33+/m1/s1. The number of amides is 4. The lowest BCUT2D eigenvalue weighted by Gasteiger charge is -2.50. The number of hydrogen-bond acceptors (Lipinski definition) is 7. The Labute approximate surface area is 301 Å². The molecule has 0 radical (unpaired) electrons. The molecule has 1 spiro atoms. The molecule has 12 nitrogen and oxygen atoms in total. The SMILES string of the molecule is C[C@@H](OCC1CCCCC1)[C@H](NC(=O)C1CN(C(=O)c2cnn(Cc3ccccc3)c2)CC12CN(C(=O)[C@H]1CC1(C)C)C2)C(=O)N1CCOCC1. The highest BCUT2D eigenvalue weighted by Gasteiger charge is 2.62. The highest BCUT2D eigenvalue weighted by Crippen LogP contribution is 2.54. The van der Waals surface area contributed by atoms with E-state index in [1.54, 1.807) is 26.9 Å². The molecule has 51 heavy (non-hydrogen) atoms. The lowest BCUT2D eigenvalue weighted by Crippen LogP contribution is -2.65. The minimum atomic E-state index is -0.873. The number of aromatic nitrogens is 2. The van der Waals surface area contributed by atoms with Gasteiger partial charge >= 0.3 is 0 Å². The van der Waals surface area contributed by atoms with Crippen molar-refractivity contribution in [2.75, 3.05) is 59.1 Å². The van der Waals surface area contributed by atoms with Crippen molar-refractivity contribution in [2.24, 2.45) is 28.6 Å². The van der Waals surface area contributed by atoms with Crippen molar-refractivity contribution in [2.45, 2.75) is 78.0 Å². The van der Waals surface area contributed by atoms with Crippen molar-refractivity contribution in [1.29, 1.82) is 0 Å². The summed E-state index contributed by atoms with van der Waals surface area (Å²) in [7, 11) is 0. The third-order valence-electron chi connectivity index (χ3n) is 12.1. The number of ether oxygens (including phenoxy) is 2. The Morgan fingerprint density at radius 2 is 1.65 bits per heavy atom. The summed E-state index contributed by atoms with van der Waals surface area (Å²) in [6.45, 7) is 10.4. The minimum Gasteiger partial charge on any atom is -0.378 e. The van der Waals surface area contributed by atoms with Crippen molar-refractivity contribution >= 4 is 23.6 Å². The van der Waals surface area contributed by atoms with Crippen LogP contribution in [0.3, 0.4) is 0 Å². The van der Waals surface area contributed by atoms with Gasteiger partial charge in [0.05, 0.1) is 43.5 Å². The molecule has 1 unspecified atom stereocenters. The molecular weight excluding hydrogens is 648 g/mol. The number of nitrogens with one attached hydrogen (secondary N) is 1. The highest BCUT2D eigenvalue weighted by molar-refractivity contribution is 5.96. The number of benzene rings is 1. The molecule has 1 N–H and O–H groups in total. The largest absolute Gasteiger partial charge is 0.378 e. The van der Waals surface area contributed by atoms with Crippen LogP contribution in [-0.4, -0.2) is 119 Å². The van der Waals surface area contributed by atoms with Crippen molar-refractivity contribution in [3.05, 3.63) is 53.9 Å². The Bertz CT molecular complexity index is 1580. The van der Waals surface area contributed by atoms with Crippen molar-refractivity contribution < 1.29 is 28.7 Å². The van der Waals surface area contributed by atoms with Crippen LogP contribution in [0.2, 0.25) is 0 Å². The molecule has 1 aromatic heterocycles. The summed E-state index contributed by atoms with van der Waals surface area (Å²) in [5.41, 5.74) is 0.925. The smallest absolute Gasteiger partial charge is 0.257 e. The average Bonchev–Trinajstić information content (AvgIpc) is 3.42. The van der Waals surface area contributed by atoms with Crippen molar-refractivity contribution in [3.8, 4) is 0 Å². The maximum absolute atomic E-state index is 14.5. The Morgan fingerprint density at radius 1 is 0.961 bits per heavy atom. The molecule has 2 aliphatic carbocycles. The number of carbonyl (C=O) groups is 4. The van der Waals surface area contributed by atoms with Gasteiger partial charge in [0, 0.05) is 63.4 Å². The van der Waals surface area contributed by atoms with Gasteiger partial charge in [-0.05, 0) is 43.1 Å². The topological polar surface area (TPSA) is 126 Å². The van der Waals surface area contributed by atoms with Gasteiger partial charge in [-0.3, -0.25) is 23.9 Å². The van der Waals surface area contributed by atoms with E-state index < -0.39 is 23.5 Å². The van der Waals surface area contributed by atoms with Crippen molar-refractivity contribution in [1.82, 2.24) is 29.8 Å². The van der Waals surface area contributed by atoms with Gasteiger partial charge in [0.25, 0.3) is 5.91 Å². The lowest BCUT2D eigenvalue weighted by molar-refractivity contribution is -0.153. The average molecular weight is 703 g/mol. The van der Waals surface area contributed by atoms with Gasteiger partial charge in [0.1, 0.15) is 6.04 Å². The molecule has 2 aromatic rings. The Balaban J connectivity index is 1.08. The van der Waals surface area contributed by atoms with Crippen LogP contribution >= 0.6 is 0 Å². The van der Waals surface area contributed by atoms with E-state index >= 15 is 0 Å². The molecule has 7 rings (SSSR count). The first-order valence-corrected chi connectivity index (χ1v) is 19.0. The monoisotopic (exact) mass is 702 g/mol. The second-order valence-electron chi connectivity index (χ2n) is 16.4. The Kier molecular flexibility index (Phi) is 10.3. The summed E-state index contributed by atoms with van der Waals surface area (Å²) in [5.74, 6) is -0.652. The normalized spacial score (nSPS) is 25.3. The van der Waals surface area contributed by atoms with E-state index in [-0.39, 0.29) is 41.5 Å². The zero-order valence-electron chi connectivity index (χ0n) is 30.4. The molecule has 3 aliphatic heterocycles. The molecule has 5 fully saturated rings. The first-order chi connectivity index (χ1) is 24.5. The van der Waals surface area contributed by atoms with Gasteiger partial charge in [-0.25, -0.2) is 0 Å².